The highest BCUT2D eigenvalue weighted by molar-refractivity contribution is 9.10. The molecular weight excluding hydrogens is 294 g/mol. The third-order valence-corrected chi connectivity index (χ3v) is 3.49. The summed E-state index contributed by atoms with van der Waals surface area (Å²) >= 11 is 3.26. The Balaban J connectivity index is 2.19. The van der Waals surface area contributed by atoms with E-state index < -0.39 is 0 Å². The first-order chi connectivity index (χ1) is 8.65. The first kappa shape index (κ1) is 11.2. The van der Waals surface area contributed by atoms with Gasteiger partial charge in [-0.3, -0.25) is 0 Å². The largest absolute Gasteiger partial charge is 0.507 e. The maximum absolute atomic E-state index is 9.69. The average molecular weight is 304 g/mol. The zero-order valence-electron chi connectivity index (χ0n) is 9.61. The number of phenols is 1. The molecule has 0 aliphatic rings. The minimum absolute atomic E-state index is 0.192. The van der Waals surface area contributed by atoms with E-state index in [2.05, 4.69) is 30.9 Å². The fraction of sp³-hybridized carbons (Fsp3) is 0.0769. The molecule has 90 valence electrons. The average Bonchev–Trinajstić information content (AvgIpc) is 2.78. The van der Waals surface area contributed by atoms with Crippen molar-refractivity contribution in [2.45, 2.75) is 6.92 Å². The molecule has 0 atom stereocenters. The summed E-state index contributed by atoms with van der Waals surface area (Å²) in [5.41, 5.74) is 3.54. The van der Waals surface area contributed by atoms with Crippen molar-refractivity contribution in [3.8, 4) is 17.1 Å². The number of rotatable bonds is 1. The van der Waals surface area contributed by atoms with E-state index >= 15 is 0 Å². The van der Waals surface area contributed by atoms with Crippen LogP contribution in [0.2, 0.25) is 0 Å². The lowest BCUT2D eigenvalue weighted by Crippen LogP contribution is -1.80. The van der Waals surface area contributed by atoms with Crippen LogP contribution in [0.5, 0.6) is 5.75 Å². The molecule has 0 aliphatic heterocycles. The van der Waals surface area contributed by atoms with Crippen LogP contribution >= 0.6 is 15.9 Å². The van der Waals surface area contributed by atoms with Gasteiger partial charge in [0.25, 0.3) is 0 Å². The molecule has 0 fully saturated rings. The lowest BCUT2D eigenvalue weighted by atomic mass is 10.2. The molecule has 0 saturated carbocycles. The maximum Gasteiger partial charge on any atom is 0.178 e. The number of aromatic amines is 1. The van der Waals surface area contributed by atoms with Gasteiger partial charge in [0.1, 0.15) is 11.6 Å². The van der Waals surface area contributed by atoms with Gasteiger partial charge in [-0.25, -0.2) is 9.97 Å². The Morgan fingerprint density at radius 3 is 2.83 bits per heavy atom. The quantitative estimate of drug-likeness (QED) is 0.724. The number of hydrogen-bond donors (Lipinski definition) is 2. The van der Waals surface area contributed by atoms with Crippen LogP contribution in [0.3, 0.4) is 0 Å². The predicted molar refractivity (Wildman–Crippen MR) is 73.4 cm³/mol. The van der Waals surface area contributed by atoms with E-state index in [9.17, 15) is 5.11 Å². The second-order valence-electron chi connectivity index (χ2n) is 4.08. The number of H-pyrrole nitrogens is 1. The number of benzene rings is 1. The minimum Gasteiger partial charge on any atom is -0.507 e. The second-order valence-corrected chi connectivity index (χ2v) is 4.93. The topological polar surface area (TPSA) is 61.8 Å². The van der Waals surface area contributed by atoms with Crippen molar-refractivity contribution in [2.24, 2.45) is 0 Å². The van der Waals surface area contributed by atoms with E-state index in [4.69, 9.17) is 0 Å². The molecule has 0 aliphatic carbocycles. The van der Waals surface area contributed by atoms with Crippen LogP contribution in [0.25, 0.3) is 22.6 Å². The molecule has 2 heterocycles. The van der Waals surface area contributed by atoms with Crippen LogP contribution in [-0.2, 0) is 0 Å². The molecule has 4 nitrogen and oxygen atoms in total. The Morgan fingerprint density at radius 2 is 2.11 bits per heavy atom. The molecule has 0 amide bonds. The lowest BCUT2D eigenvalue weighted by Gasteiger charge is -1.99. The number of nitrogens with one attached hydrogen (secondary N) is 1. The summed E-state index contributed by atoms with van der Waals surface area (Å²) in [5.74, 6) is 0.896. The Hall–Kier alpha value is -1.88. The number of aromatic nitrogens is 3. The summed E-state index contributed by atoms with van der Waals surface area (Å²) in [4.78, 5) is 11.9. The number of pyridine rings is 1. The highest BCUT2D eigenvalue weighted by atomic mass is 79.9. The van der Waals surface area contributed by atoms with Crippen LogP contribution < -0.4 is 0 Å². The van der Waals surface area contributed by atoms with Gasteiger partial charge < -0.3 is 10.1 Å². The SMILES string of the molecule is Cc1ccnc2nc(-c3ccc(Br)c(O)c3)[nH]c12. The minimum atomic E-state index is 0.192. The van der Waals surface area contributed by atoms with E-state index in [-0.39, 0.29) is 5.75 Å². The van der Waals surface area contributed by atoms with Crippen LogP contribution in [0.4, 0.5) is 0 Å². The van der Waals surface area contributed by atoms with Crippen molar-refractivity contribution in [3.63, 3.8) is 0 Å². The van der Waals surface area contributed by atoms with Gasteiger partial charge >= 0.3 is 0 Å². The molecule has 0 radical (unpaired) electrons. The number of hydrogen-bond acceptors (Lipinski definition) is 3. The number of aryl methyl sites for hydroxylation is 1. The maximum atomic E-state index is 9.69. The summed E-state index contributed by atoms with van der Waals surface area (Å²) < 4.78 is 0.664. The summed E-state index contributed by atoms with van der Waals surface area (Å²) in [5, 5.41) is 9.69. The number of aromatic hydroxyl groups is 1. The molecule has 0 saturated heterocycles. The zero-order chi connectivity index (χ0) is 12.7. The van der Waals surface area contributed by atoms with Crippen molar-refractivity contribution in [2.75, 3.05) is 0 Å². The normalized spacial score (nSPS) is 11.0. The number of nitrogens with zero attached hydrogens (tertiary/aromatic N) is 2. The summed E-state index contributed by atoms with van der Waals surface area (Å²) in [6.45, 7) is 2.00. The van der Waals surface area contributed by atoms with Gasteiger partial charge in [-0.05, 0) is 52.7 Å². The van der Waals surface area contributed by atoms with E-state index in [0.29, 0.717) is 15.9 Å². The molecule has 3 aromatic rings. The first-order valence-corrected chi connectivity index (χ1v) is 6.24. The molecule has 2 aromatic heterocycles. The third-order valence-electron chi connectivity index (χ3n) is 2.82. The van der Waals surface area contributed by atoms with Gasteiger partial charge in [-0.15, -0.1) is 0 Å². The smallest absolute Gasteiger partial charge is 0.178 e. The van der Waals surface area contributed by atoms with Gasteiger partial charge in [-0.1, -0.05) is 0 Å². The fourth-order valence-electron chi connectivity index (χ4n) is 1.83. The Labute approximate surface area is 112 Å². The summed E-state index contributed by atoms with van der Waals surface area (Å²) in [6, 6.07) is 7.27. The predicted octanol–water partition coefficient (Wildman–Crippen LogP) is 3.40. The summed E-state index contributed by atoms with van der Waals surface area (Å²) in [6.07, 6.45) is 1.74. The van der Waals surface area contributed by atoms with Crippen LogP contribution in [0.1, 0.15) is 5.56 Å². The number of imidazole rings is 1. The molecule has 0 spiro atoms. The van der Waals surface area contributed by atoms with Crippen molar-refractivity contribution in [1.82, 2.24) is 15.0 Å². The van der Waals surface area contributed by atoms with Crippen LogP contribution in [0.15, 0.2) is 34.9 Å². The molecule has 0 bridgehead atoms. The van der Waals surface area contributed by atoms with E-state index in [0.717, 1.165) is 16.6 Å². The van der Waals surface area contributed by atoms with Gasteiger partial charge in [-0.2, -0.15) is 0 Å². The highest BCUT2D eigenvalue weighted by Gasteiger charge is 2.09. The van der Waals surface area contributed by atoms with Gasteiger partial charge in [0.2, 0.25) is 0 Å². The molecule has 0 unspecified atom stereocenters. The van der Waals surface area contributed by atoms with Crippen LogP contribution in [0, 0.1) is 6.92 Å². The van der Waals surface area contributed by atoms with Crippen LogP contribution in [-0.4, -0.2) is 20.1 Å². The van der Waals surface area contributed by atoms with E-state index in [1.54, 1.807) is 18.3 Å². The summed E-state index contributed by atoms with van der Waals surface area (Å²) in [7, 11) is 0. The van der Waals surface area contributed by atoms with E-state index in [1.165, 1.54) is 0 Å². The Morgan fingerprint density at radius 1 is 1.28 bits per heavy atom. The standard InChI is InChI=1S/C13H10BrN3O/c1-7-4-5-15-13-11(7)16-12(17-13)8-2-3-9(14)10(18)6-8/h2-6,18H,1H3,(H,15,16,17). The third kappa shape index (κ3) is 1.76. The van der Waals surface area contributed by atoms with E-state index in [1.807, 2.05) is 19.1 Å². The van der Waals surface area contributed by atoms with Crippen molar-refractivity contribution < 1.29 is 5.11 Å². The Kier molecular flexibility index (Phi) is 2.56. The number of halogens is 1. The van der Waals surface area contributed by atoms with Crippen molar-refractivity contribution in [1.29, 1.82) is 0 Å². The Bertz CT molecular complexity index is 736. The molecule has 3 rings (SSSR count). The van der Waals surface area contributed by atoms with Crippen molar-refractivity contribution >= 4 is 27.1 Å². The number of fused-ring (bicyclic) bond motifs is 1. The second kappa shape index (κ2) is 4.10. The number of phenolic OH excluding ortho intramolecular Hbond substituents is 1. The van der Waals surface area contributed by atoms with Gasteiger partial charge in [0.05, 0.1) is 9.99 Å². The molecular formula is C13H10BrN3O. The van der Waals surface area contributed by atoms with Gasteiger partial charge in [0, 0.05) is 11.8 Å². The lowest BCUT2D eigenvalue weighted by molar-refractivity contribution is 0.472. The molecule has 18 heavy (non-hydrogen) atoms. The monoisotopic (exact) mass is 303 g/mol. The van der Waals surface area contributed by atoms with Gasteiger partial charge in [0.15, 0.2) is 5.65 Å². The molecule has 1 aromatic carbocycles. The molecule has 2 N–H and O–H groups in total. The molecule has 5 heteroatoms. The fourth-order valence-corrected chi connectivity index (χ4v) is 2.08. The first-order valence-electron chi connectivity index (χ1n) is 5.45. The zero-order valence-corrected chi connectivity index (χ0v) is 11.2. The van der Waals surface area contributed by atoms with Crippen molar-refractivity contribution in [3.05, 3.63) is 40.5 Å². The highest BCUT2D eigenvalue weighted by Crippen LogP contribution is 2.29.